The van der Waals surface area contributed by atoms with Crippen LogP contribution >= 0.6 is 0 Å². The average Bonchev–Trinajstić information content (AvgIpc) is 2.75. The van der Waals surface area contributed by atoms with Gasteiger partial charge in [0.25, 0.3) is 0 Å². The average molecular weight is 499 g/mol. The zero-order valence-electron chi connectivity index (χ0n) is 19.5. The van der Waals surface area contributed by atoms with Gasteiger partial charge in [-0.15, -0.1) is 0 Å². The summed E-state index contributed by atoms with van der Waals surface area (Å²) in [6.07, 6.45) is 0. The molecule has 1 saturated heterocycles. The number of phenols is 1. The minimum absolute atomic E-state index is 0.229. The number of rotatable bonds is 8. The van der Waals surface area contributed by atoms with Crippen LogP contribution in [0.3, 0.4) is 0 Å². The Morgan fingerprint density at radius 2 is 0.743 bits per heavy atom. The highest BCUT2D eigenvalue weighted by Crippen LogP contribution is 2.03. The van der Waals surface area contributed by atoms with Crippen LogP contribution in [0.4, 0.5) is 0 Å². The third-order valence-corrected chi connectivity index (χ3v) is 5.12. The van der Waals surface area contributed by atoms with Gasteiger partial charge < -0.3 is 25.5 Å². The molecule has 0 saturated carbocycles. The van der Waals surface area contributed by atoms with Crippen molar-refractivity contribution in [2.45, 2.75) is 0 Å². The van der Waals surface area contributed by atoms with Gasteiger partial charge in [0.1, 0.15) is 5.75 Å². The maximum atomic E-state index is 11.1. The number of carbonyl (C=O) groups is 4. The first-order valence-electron chi connectivity index (χ1n) is 11.1. The van der Waals surface area contributed by atoms with Gasteiger partial charge in [0.05, 0.1) is 26.2 Å². The molecule has 2 rings (SSSR count). The number of hydrogen-bond donors (Lipinski definition) is 5. The molecule has 0 aliphatic carbocycles. The Hall–Kier alpha value is -3.26. The number of para-hydroxylation sites is 1. The van der Waals surface area contributed by atoms with E-state index in [1.807, 2.05) is 6.07 Å². The van der Waals surface area contributed by atoms with E-state index in [0.717, 1.165) is 0 Å². The molecule has 1 heterocycles. The number of nitrogens with zero attached hydrogens (tertiary/aromatic N) is 4. The number of aliphatic carboxylic acids is 4. The molecule has 13 heteroatoms. The minimum Gasteiger partial charge on any atom is -0.508 e. The molecule has 35 heavy (non-hydrogen) atoms. The summed E-state index contributed by atoms with van der Waals surface area (Å²) in [5.41, 5.74) is 0. The van der Waals surface area contributed by atoms with Crippen LogP contribution in [-0.4, -0.2) is 148 Å². The van der Waals surface area contributed by atoms with Crippen LogP contribution in [0.25, 0.3) is 0 Å². The molecule has 0 spiro atoms. The van der Waals surface area contributed by atoms with Crippen molar-refractivity contribution >= 4 is 23.9 Å². The fourth-order valence-corrected chi connectivity index (χ4v) is 3.40. The molecule has 0 amide bonds. The van der Waals surface area contributed by atoms with Crippen molar-refractivity contribution in [2.24, 2.45) is 0 Å². The second-order valence-corrected chi connectivity index (χ2v) is 8.02. The van der Waals surface area contributed by atoms with Crippen molar-refractivity contribution in [3.63, 3.8) is 0 Å². The summed E-state index contributed by atoms with van der Waals surface area (Å²) in [4.78, 5) is 50.9. The van der Waals surface area contributed by atoms with Gasteiger partial charge in [-0.1, -0.05) is 18.2 Å². The molecule has 0 radical (unpaired) electrons. The van der Waals surface area contributed by atoms with E-state index >= 15 is 0 Å². The van der Waals surface area contributed by atoms with Crippen LogP contribution in [0.5, 0.6) is 5.75 Å². The fraction of sp³-hybridized carbons (Fsp3) is 0.545. The second-order valence-electron chi connectivity index (χ2n) is 8.02. The van der Waals surface area contributed by atoms with Crippen molar-refractivity contribution in [2.75, 3.05) is 78.5 Å². The van der Waals surface area contributed by atoms with Crippen LogP contribution in [0.2, 0.25) is 0 Å². The van der Waals surface area contributed by atoms with Gasteiger partial charge in [0, 0.05) is 52.4 Å². The third-order valence-electron chi connectivity index (χ3n) is 5.12. The molecule has 0 atom stereocenters. The third kappa shape index (κ3) is 15.3. The number of aromatic hydroxyl groups is 1. The minimum atomic E-state index is -1.02. The van der Waals surface area contributed by atoms with Gasteiger partial charge in [-0.25, -0.2) is 0 Å². The van der Waals surface area contributed by atoms with Crippen molar-refractivity contribution < 1.29 is 44.7 Å². The summed E-state index contributed by atoms with van der Waals surface area (Å²) < 4.78 is 0. The lowest BCUT2D eigenvalue weighted by Crippen LogP contribution is -2.49. The lowest BCUT2D eigenvalue weighted by Gasteiger charge is -2.32. The number of benzene rings is 1. The molecule has 0 bridgehead atoms. The van der Waals surface area contributed by atoms with E-state index in [0.29, 0.717) is 58.1 Å². The molecule has 5 N–H and O–H groups in total. The Morgan fingerprint density at radius 3 is 0.886 bits per heavy atom. The maximum Gasteiger partial charge on any atom is 0.317 e. The first kappa shape index (κ1) is 29.8. The van der Waals surface area contributed by atoms with Gasteiger partial charge in [0.15, 0.2) is 0 Å². The Labute approximate surface area is 203 Å². The first-order chi connectivity index (χ1) is 16.5. The topological polar surface area (TPSA) is 182 Å². The summed E-state index contributed by atoms with van der Waals surface area (Å²) in [5, 5.41) is 44.9. The Bertz CT molecular complexity index is 697. The van der Waals surface area contributed by atoms with E-state index in [-0.39, 0.29) is 26.2 Å². The number of hydrogen-bond acceptors (Lipinski definition) is 9. The van der Waals surface area contributed by atoms with E-state index in [2.05, 4.69) is 0 Å². The zero-order chi connectivity index (χ0) is 26.2. The van der Waals surface area contributed by atoms with Crippen molar-refractivity contribution in [1.29, 1.82) is 0 Å². The largest absolute Gasteiger partial charge is 0.508 e. The van der Waals surface area contributed by atoms with Crippen LogP contribution in [0, 0.1) is 0 Å². The predicted molar refractivity (Wildman–Crippen MR) is 124 cm³/mol. The molecule has 1 aliphatic rings. The SMILES string of the molecule is O=C(O)CN1CCN(CC(=O)O)CCN(CC(=O)O)CCN(CC(=O)O)CC1.Oc1ccccc1. The van der Waals surface area contributed by atoms with Crippen LogP contribution < -0.4 is 0 Å². The molecular formula is C22H34N4O9. The van der Waals surface area contributed by atoms with E-state index in [9.17, 15) is 19.2 Å². The molecule has 0 unspecified atom stereocenters. The molecule has 196 valence electrons. The van der Waals surface area contributed by atoms with Gasteiger partial charge in [-0.05, 0) is 12.1 Å². The molecule has 1 aromatic rings. The van der Waals surface area contributed by atoms with Crippen molar-refractivity contribution in [1.82, 2.24) is 19.6 Å². The summed E-state index contributed by atoms with van der Waals surface area (Å²) in [6.45, 7) is 1.52. The van der Waals surface area contributed by atoms with E-state index in [1.54, 1.807) is 43.9 Å². The molecule has 1 aromatic carbocycles. The Kier molecular flexibility index (Phi) is 13.9. The van der Waals surface area contributed by atoms with Gasteiger partial charge in [-0.2, -0.15) is 0 Å². The van der Waals surface area contributed by atoms with E-state index in [4.69, 9.17) is 25.5 Å². The Balaban J connectivity index is 0.000000744. The van der Waals surface area contributed by atoms with Gasteiger partial charge >= 0.3 is 23.9 Å². The van der Waals surface area contributed by atoms with Crippen LogP contribution in [0.1, 0.15) is 0 Å². The van der Waals surface area contributed by atoms with E-state index in [1.165, 1.54) is 0 Å². The van der Waals surface area contributed by atoms with Gasteiger partial charge in [-0.3, -0.25) is 38.8 Å². The zero-order valence-corrected chi connectivity index (χ0v) is 19.5. The highest BCUT2D eigenvalue weighted by Gasteiger charge is 2.20. The lowest BCUT2D eigenvalue weighted by molar-refractivity contribution is -0.141. The number of carboxylic acid groups (broad SMARTS) is 4. The maximum absolute atomic E-state index is 11.1. The summed E-state index contributed by atoms with van der Waals surface area (Å²) in [6, 6.07) is 8.71. The van der Waals surface area contributed by atoms with Crippen molar-refractivity contribution in [3.8, 4) is 5.75 Å². The number of carboxylic acids is 4. The molecule has 0 aromatic heterocycles. The second kappa shape index (κ2) is 16.4. The Morgan fingerprint density at radius 1 is 0.514 bits per heavy atom. The van der Waals surface area contributed by atoms with Crippen molar-refractivity contribution in [3.05, 3.63) is 30.3 Å². The molecule has 1 aliphatic heterocycles. The molecular weight excluding hydrogens is 464 g/mol. The van der Waals surface area contributed by atoms with E-state index < -0.39 is 23.9 Å². The standard InChI is InChI=1S/C16H28N4O8.C6H6O/c21-13(22)9-17-1-2-18(10-14(23)24)5-6-20(12-16(27)28)8-7-19(4-3-17)11-15(25)26;7-6-4-2-1-3-5-6/h1-12H2,(H,21,22)(H,23,24)(H,25,26)(H,27,28);1-5,7H. The number of phenolic OH excluding ortho intramolecular Hbond substituents is 1. The summed E-state index contributed by atoms with van der Waals surface area (Å²) in [7, 11) is 0. The van der Waals surface area contributed by atoms with Gasteiger partial charge in [0.2, 0.25) is 0 Å². The van der Waals surface area contributed by atoms with Crippen LogP contribution in [-0.2, 0) is 19.2 Å². The first-order valence-corrected chi connectivity index (χ1v) is 11.1. The fourth-order valence-electron chi connectivity index (χ4n) is 3.40. The quantitative estimate of drug-likeness (QED) is 0.293. The highest BCUT2D eigenvalue weighted by atomic mass is 16.4. The summed E-state index contributed by atoms with van der Waals surface area (Å²) >= 11 is 0. The normalized spacial score (nSPS) is 17.3. The highest BCUT2D eigenvalue weighted by molar-refractivity contribution is 5.70. The molecule has 1 fully saturated rings. The van der Waals surface area contributed by atoms with Crippen LogP contribution in [0.15, 0.2) is 30.3 Å². The smallest absolute Gasteiger partial charge is 0.317 e. The predicted octanol–water partition coefficient (Wildman–Crippen LogP) is -1.06. The summed E-state index contributed by atoms with van der Waals surface area (Å²) in [5.74, 6) is -3.75. The lowest BCUT2D eigenvalue weighted by atomic mass is 10.3. The molecule has 13 nitrogen and oxygen atoms in total. The monoisotopic (exact) mass is 498 g/mol.